The van der Waals surface area contributed by atoms with Crippen LogP contribution in [-0.2, 0) is 19.3 Å². The first-order valence-electron chi connectivity index (χ1n) is 6.61. The van der Waals surface area contributed by atoms with Gasteiger partial charge in [-0.3, -0.25) is 0 Å². The van der Waals surface area contributed by atoms with Gasteiger partial charge in [-0.25, -0.2) is 0 Å². The summed E-state index contributed by atoms with van der Waals surface area (Å²) in [7, 11) is 0. The Labute approximate surface area is 113 Å². The fourth-order valence-corrected chi connectivity index (χ4v) is 3.12. The van der Waals surface area contributed by atoms with E-state index in [2.05, 4.69) is 25.1 Å². The van der Waals surface area contributed by atoms with Gasteiger partial charge in [0.2, 0.25) is 0 Å². The van der Waals surface area contributed by atoms with Crippen LogP contribution in [0.15, 0.2) is 34.9 Å². The maximum absolute atomic E-state index is 6.60. The molecule has 2 heteroatoms. The summed E-state index contributed by atoms with van der Waals surface area (Å²) in [6.45, 7) is 2.09. The van der Waals surface area contributed by atoms with E-state index in [1.54, 1.807) is 6.26 Å². The van der Waals surface area contributed by atoms with Gasteiger partial charge in [-0.05, 0) is 42.0 Å². The van der Waals surface area contributed by atoms with Crippen molar-refractivity contribution < 1.29 is 4.42 Å². The summed E-state index contributed by atoms with van der Waals surface area (Å²) < 4.78 is 5.46. The molecule has 18 heavy (non-hydrogen) atoms. The third kappa shape index (κ3) is 1.97. The molecule has 1 aromatic carbocycles. The van der Waals surface area contributed by atoms with E-state index in [9.17, 15) is 0 Å². The van der Waals surface area contributed by atoms with Crippen LogP contribution in [0.5, 0.6) is 0 Å². The predicted molar refractivity (Wildman–Crippen MR) is 74.2 cm³/mol. The second-order valence-corrected chi connectivity index (χ2v) is 5.33. The molecule has 0 spiro atoms. The van der Waals surface area contributed by atoms with Crippen LogP contribution in [0.2, 0.25) is 0 Å². The molecule has 1 aliphatic carbocycles. The number of furan rings is 1. The molecule has 0 aliphatic heterocycles. The lowest BCUT2D eigenvalue weighted by Crippen LogP contribution is -1.96. The summed E-state index contributed by atoms with van der Waals surface area (Å²) >= 11 is 6.60. The first kappa shape index (κ1) is 11.9. The average molecular weight is 261 g/mol. The van der Waals surface area contributed by atoms with E-state index in [4.69, 9.17) is 16.0 Å². The zero-order chi connectivity index (χ0) is 12.5. The number of hydrogen-bond donors (Lipinski definition) is 0. The third-order valence-corrected chi connectivity index (χ3v) is 4.28. The van der Waals surface area contributed by atoms with Crippen molar-refractivity contribution in [3.63, 3.8) is 0 Å². The Bertz CT molecular complexity index is 556. The lowest BCUT2D eigenvalue weighted by atomic mass is 10.00. The molecular weight excluding hydrogens is 244 g/mol. The van der Waals surface area contributed by atoms with Crippen LogP contribution in [0.4, 0.5) is 0 Å². The smallest absolute Gasteiger partial charge is 0.108 e. The predicted octanol–water partition coefficient (Wildman–Crippen LogP) is 4.66. The fourth-order valence-electron chi connectivity index (χ4n) is 2.79. The minimum atomic E-state index is -0.0930. The SMILES string of the molecule is CCc1occc1C(Cl)c1ccc2c(c1)CCC2. The van der Waals surface area contributed by atoms with Crippen molar-refractivity contribution in [1.29, 1.82) is 0 Å². The Morgan fingerprint density at radius 1 is 1.22 bits per heavy atom. The normalized spacial score (nSPS) is 15.7. The third-order valence-electron chi connectivity index (χ3n) is 3.79. The van der Waals surface area contributed by atoms with Crippen LogP contribution in [0.3, 0.4) is 0 Å². The summed E-state index contributed by atoms with van der Waals surface area (Å²) in [5, 5.41) is -0.0930. The number of benzene rings is 1. The Morgan fingerprint density at radius 2 is 2.06 bits per heavy atom. The van der Waals surface area contributed by atoms with Crippen molar-refractivity contribution in [2.24, 2.45) is 0 Å². The van der Waals surface area contributed by atoms with Gasteiger partial charge in [0, 0.05) is 12.0 Å². The highest BCUT2D eigenvalue weighted by atomic mass is 35.5. The van der Waals surface area contributed by atoms with E-state index >= 15 is 0 Å². The lowest BCUT2D eigenvalue weighted by molar-refractivity contribution is 0.512. The Balaban J connectivity index is 1.95. The van der Waals surface area contributed by atoms with Crippen molar-refractivity contribution in [3.8, 4) is 0 Å². The van der Waals surface area contributed by atoms with E-state index in [1.807, 2.05) is 6.07 Å². The highest BCUT2D eigenvalue weighted by Gasteiger charge is 2.19. The maximum Gasteiger partial charge on any atom is 0.108 e. The van der Waals surface area contributed by atoms with E-state index in [0.717, 1.165) is 17.7 Å². The molecule has 1 nitrogen and oxygen atoms in total. The molecule has 0 amide bonds. The zero-order valence-corrected chi connectivity index (χ0v) is 11.3. The summed E-state index contributed by atoms with van der Waals surface area (Å²) in [6.07, 6.45) is 6.30. The van der Waals surface area contributed by atoms with Crippen molar-refractivity contribution in [3.05, 3.63) is 58.5 Å². The van der Waals surface area contributed by atoms with Crippen molar-refractivity contribution in [1.82, 2.24) is 0 Å². The van der Waals surface area contributed by atoms with Gasteiger partial charge in [-0.2, -0.15) is 0 Å². The summed E-state index contributed by atoms with van der Waals surface area (Å²) in [4.78, 5) is 0. The summed E-state index contributed by atoms with van der Waals surface area (Å²) in [5.41, 5.74) is 5.26. The van der Waals surface area contributed by atoms with Crippen molar-refractivity contribution >= 4 is 11.6 Å². The topological polar surface area (TPSA) is 13.1 Å². The Kier molecular flexibility index (Phi) is 3.17. The van der Waals surface area contributed by atoms with Crippen LogP contribution < -0.4 is 0 Å². The van der Waals surface area contributed by atoms with E-state index < -0.39 is 0 Å². The van der Waals surface area contributed by atoms with Crippen LogP contribution in [0.25, 0.3) is 0 Å². The standard InChI is InChI=1S/C16H17ClO/c1-2-15-14(8-9-18-15)16(17)13-7-6-11-4-3-5-12(11)10-13/h6-10,16H,2-5H2,1H3. The summed E-state index contributed by atoms with van der Waals surface area (Å²) in [6, 6.07) is 8.66. The number of halogens is 1. The van der Waals surface area contributed by atoms with E-state index in [-0.39, 0.29) is 5.38 Å². The molecule has 1 heterocycles. The van der Waals surface area contributed by atoms with Crippen LogP contribution in [0.1, 0.15) is 46.7 Å². The second kappa shape index (κ2) is 4.81. The number of rotatable bonds is 3. The number of aryl methyl sites for hydroxylation is 3. The molecule has 1 atom stereocenters. The van der Waals surface area contributed by atoms with Gasteiger partial charge in [0.25, 0.3) is 0 Å². The van der Waals surface area contributed by atoms with Gasteiger partial charge < -0.3 is 4.42 Å². The molecule has 1 aromatic heterocycles. The minimum absolute atomic E-state index is 0.0930. The molecule has 1 unspecified atom stereocenters. The van der Waals surface area contributed by atoms with Crippen molar-refractivity contribution in [2.45, 2.75) is 38.0 Å². The largest absolute Gasteiger partial charge is 0.469 e. The molecular formula is C16H17ClO. The van der Waals surface area contributed by atoms with Gasteiger partial charge in [0.15, 0.2) is 0 Å². The van der Waals surface area contributed by atoms with Gasteiger partial charge in [-0.15, -0.1) is 11.6 Å². The quantitative estimate of drug-likeness (QED) is 0.732. The number of alkyl halides is 1. The molecule has 0 N–H and O–H groups in total. The zero-order valence-electron chi connectivity index (χ0n) is 10.6. The van der Waals surface area contributed by atoms with Crippen LogP contribution in [0, 0.1) is 0 Å². The maximum atomic E-state index is 6.60. The first-order chi connectivity index (χ1) is 8.79. The molecule has 0 radical (unpaired) electrons. The van der Waals surface area contributed by atoms with E-state index in [1.165, 1.54) is 36.0 Å². The number of fused-ring (bicyclic) bond motifs is 1. The second-order valence-electron chi connectivity index (χ2n) is 4.90. The van der Waals surface area contributed by atoms with Gasteiger partial charge in [-0.1, -0.05) is 25.1 Å². The molecule has 1 aliphatic rings. The van der Waals surface area contributed by atoms with E-state index in [0.29, 0.717) is 0 Å². The summed E-state index contributed by atoms with van der Waals surface area (Å²) in [5.74, 6) is 0.996. The van der Waals surface area contributed by atoms with Crippen LogP contribution in [-0.4, -0.2) is 0 Å². The minimum Gasteiger partial charge on any atom is -0.469 e. The molecule has 94 valence electrons. The lowest BCUT2D eigenvalue weighted by Gasteiger charge is -2.11. The fraction of sp³-hybridized carbons (Fsp3) is 0.375. The Morgan fingerprint density at radius 3 is 2.89 bits per heavy atom. The van der Waals surface area contributed by atoms with Crippen LogP contribution >= 0.6 is 11.6 Å². The molecule has 0 bridgehead atoms. The molecule has 2 aromatic rings. The molecule has 0 fully saturated rings. The Hall–Kier alpha value is -1.21. The average Bonchev–Trinajstić information content (AvgIpc) is 3.05. The highest BCUT2D eigenvalue weighted by Crippen LogP contribution is 2.34. The first-order valence-corrected chi connectivity index (χ1v) is 7.05. The van der Waals surface area contributed by atoms with Gasteiger partial charge in [0.05, 0.1) is 11.6 Å². The highest BCUT2D eigenvalue weighted by molar-refractivity contribution is 6.22. The van der Waals surface area contributed by atoms with Crippen molar-refractivity contribution in [2.75, 3.05) is 0 Å². The molecule has 3 rings (SSSR count). The van der Waals surface area contributed by atoms with Gasteiger partial charge in [0.1, 0.15) is 5.76 Å². The monoisotopic (exact) mass is 260 g/mol. The van der Waals surface area contributed by atoms with Gasteiger partial charge >= 0.3 is 0 Å². The number of hydrogen-bond acceptors (Lipinski definition) is 1. The molecule has 0 saturated carbocycles. The molecule has 0 saturated heterocycles.